The van der Waals surface area contributed by atoms with Crippen LogP contribution in [0.4, 0.5) is 0 Å². The van der Waals surface area contributed by atoms with E-state index in [1.807, 2.05) is 0 Å². The van der Waals surface area contributed by atoms with Crippen LogP contribution in [0, 0.1) is 6.92 Å². The van der Waals surface area contributed by atoms with Crippen LogP contribution >= 0.6 is 0 Å². The summed E-state index contributed by atoms with van der Waals surface area (Å²) in [6.07, 6.45) is 0. The minimum absolute atomic E-state index is 0.100. The van der Waals surface area contributed by atoms with Crippen molar-refractivity contribution in [1.29, 1.82) is 0 Å². The van der Waals surface area contributed by atoms with E-state index in [-0.39, 0.29) is 12.6 Å². The van der Waals surface area contributed by atoms with Crippen LogP contribution in [0.25, 0.3) is 10.9 Å². The van der Waals surface area contributed by atoms with E-state index in [0.717, 1.165) is 26.2 Å². The number of rotatable bonds is 3. The number of benzene rings is 1. The van der Waals surface area contributed by atoms with Gasteiger partial charge >= 0.3 is 0 Å². The molecule has 2 aromatic rings. The monoisotopic (exact) mass is 273 g/mol. The Kier molecular flexibility index (Phi) is 3.78. The fourth-order valence-corrected chi connectivity index (χ4v) is 3.35. The first-order valence-electron chi connectivity index (χ1n) is 7.33. The zero-order chi connectivity index (χ0) is 14.1. The predicted octanol–water partition coefficient (Wildman–Crippen LogP) is 1.43. The molecule has 1 aliphatic rings. The van der Waals surface area contributed by atoms with Crippen LogP contribution in [0.15, 0.2) is 24.3 Å². The molecule has 1 aromatic heterocycles. The van der Waals surface area contributed by atoms with Crippen molar-refractivity contribution in [1.82, 2.24) is 14.8 Å². The maximum Gasteiger partial charge on any atom is 0.0629 e. The molecule has 1 aliphatic heterocycles. The van der Waals surface area contributed by atoms with Crippen molar-refractivity contribution >= 4 is 10.9 Å². The lowest BCUT2D eigenvalue weighted by Gasteiger charge is -2.34. The highest BCUT2D eigenvalue weighted by Crippen LogP contribution is 2.33. The average molecular weight is 273 g/mol. The highest BCUT2D eigenvalue weighted by molar-refractivity contribution is 5.86. The molecule has 1 atom stereocenters. The molecule has 0 spiro atoms. The van der Waals surface area contributed by atoms with E-state index in [4.69, 9.17) is 0 Å². The Balaban J connectivity index is 2.09. The van der Waals surface area contributed by atoms with E-state index in [1.54, 1.807) is 0 Å². The maximum absolute atomic E-state index is 9.95. The molecular formula is C16H23N3O. The molecule has 2 heterocycles. The molecule has 4 nitrogen and oxygen atoms in total. The van der Waals surface area contributed by atoms with Gasteiger partial charge in [0.2, 0.25) is 0 Å². The lowest BCUT2D eigenvalue weighted by atomic mass is 10.0. The fraction of sp³-hybridized carbons (Fsp3) is 0.500. The van der Waals surface area contributed by atoms with Crippen molar-refractivity contribution in [3.63, 3.8) is 0 Å². The number of fused-ring (bicyclic) bond motifs is 1. The number of hydrogen-bond acceptors (Lipinski definition) is 3. The Morgan fingerprint density at radius 1 is 1.25 bits per heavy atom. The lowest BCUT2D eigenvalue weighted by Crippen LogP contribution is -2.46. The van der Waals surface area contributed by atoms with Crippen LogP contribution in [0.3, 0.4) is 0 Å². The Morgan fingerprint density at radius 3 is 2.65 bits per heavy atom. The van der Waals surface area contributed by atoms with Gasteiger partial charge in [-0.1, -0.05) is 18.2 Å². The lowest BCUT2D eigenvalue weighted by molar-refractivity contribution is 0.111. The number of aliphatic hydroxyl groups excluding tert-OH is 1. The second kappa shape index (κ2) is 5.56. The van der Waals surface area contributed by atoms with Crippen molar-refractivity contribution in [2.75, 3.05) is 32.8 Å². The van der Waals surface area contributed by atoms with Gasteiger partial charge in [-0.15, -0.1) is 0 Å². The first-order valence-corrected chi connectivity index (χ1v) is 7.33. The van der Waals surface area contributed by atoms with E-state index >= 15 is 0 Å². The van der Waals surface area contributed by atoms with Crippen LogP contribution in [-0.2, 0) is 7.05 Å². The van der Waals surface area contributed by atoms with Gasteiger partial charge < -0.3 is 15.0 Å². The molecule has 1 unspecified atom stereocenters. The van der Waals surface area contributed by atoms with Gasteiger partial charge in [-0.05, 0) is 13.0 Å². The third-order valence-electron chi connectivity index (χ3n) is 4.55. The smallest absolute Gasteiger partial charge is 0.0629 e. The van der Waals surface area contributed by atoms with Gasteiger partial charge in [-0.25, -0.2) is 0 Å². The summed E-state index contributed by atoms with van der Waals surface area (Å²) in [5, 5.41) is 14.6. The predicted molar refractivity (Wildman–Crippen MR) is 81.9 cm³/mol. The summed E-state index contributed by atoms with van der Waals surface area (Å²) in [6, 6.07) is 8.57. The molecule has 2 N–H and O–H groups in total. The third kappa shape index (κ3) is 2.14. The summed E-state index contributed by atoms with van der Waals surface area (Å²) in [5.41, 5.74) is 3.78. The van der Waals surface area contributed by atoms with Crippen molar-refractivity contribution in [3.8, 4) is 0 Å². The number of nitrogens with zero attached hydrogens (tertiary/aromatic N) is 2. The van der Waals surface area contributed by atoms with Gasteiger partial charge in [0.1, 0.15) is 0 Å². The maximum atomic E-state index is 9.95. The largest absolute Gasteiger partial charge is 0.394 e. The minimum atomic E-state index is 0.100. The molecule has 0 aliphatic carbocycles. The molecule has 0 saturated carbocycles. The summed E-state index contributed by atoms with van der Waals surface area (Å²) in [4.78, 5) is 2.39. The number of nitrogens with one attached hydrogen (secondary N) is 1. The Morgan fingerprint density at radius 2 is 1.95 bits per heavy atom. The van der Waals surface area contributed by atoms with Gasteiger partial charge in [0.25, 0.3) is 0 Å². The average Bonchev–Trinajstić information content (AvgIpc) is 2.75. The molecule has 0 amide bonds. The number of aromatic nitrogens is 1. The quantitative estimate of drug-likeness (QED) is 0.889. The summed E-state index contributed by atoms with van der Waals surface area (Å²) in [6.45, 7) is 6.32. The third-order valence-corrected chi connectivity index (χ3v) is 4.55. The van der Waals surface area contributed by atoms with E-state index < -0.39 is 0 Å². The second-order valence-corrected chi connectivity index (χ2v) is 5.56. The minimum Gasteiger partial charge on any atom is -0.394 e. The van der Waals surface area contributed by atoms with Gasteiger partial charge in [0, 0.05) is 55.4 Å². The van der Waals surface area contributed by atoms with Crippen molar-refractivity contribution in [2.45, 2.75) is 13.0 Å². The van der Waals surface area contributed by atoms with Crippen LogP contribution in [0.5, 0.6) is 0 Å². The van der Waals surface area contributed by atoms with Crippen molar-refractivity contribution < 1.29 is 5.11 Å². The van der Waals surface area contributed by atoms with Crippen LogP contribution in [-0.4, -0.2) is 47.4 Å². The van der Waals surface area contributed by atoms with Gasteiger partial charge in [-0.3, -0.25) is 4.90 Å². The number of piperazine rings is 1. The van der Waals surface area contributed by atoms with Crippen LogP contribution in [0.2, 0.25) is 0 Å². The summed E-state index contributed by atoms with van der Waals surface area (Å²) < 4.78 is 2.23. The SMILES string of the molecule is Cc1c(C(CO)N2CCNCC2)c2ccccc2n1C. The zero-order valence-electron chi connectivity index (χ0n) is 12.3. The molecule has 3 rings (SSSR count). The Labute approximate surface area is 120 Å². The second-order valence-electron chi connectivity index (χ2n) is 5.56. The number of para-hydroxylation sites is 1. The molecule has 108 valence electrons. The van der Waals surface area contributed by atoms with E-state index in [0.29, 0.717) is 0 Å². The summed E-state index contributed by atoms with van der Waals surface area (Å²) >= 11 is 0. The number of hydrogen-bond donors (Lipinski definition) is 2. The molecule has 20 heavy (non-hydrogen) atoms. The first kappa shape index (κ1) is 13.6. The first-order chi connectivity index (χ1) is 9.74. The Hall–Kier alpha value is -1.36. The Bertz CT molecular complexity index is 599. The number of aliphatic hydroxyl groups is 1. The molecule has 4 heteroatoms. The fourth-order valence-electron chi connectivity index (χ4n) is 3.35. The summed E-state index contributed by atoms with van der Waals surface area (Å²) in [5.74, 6) is 0. The summed E-state index contributed by atoms with van der Waals surface area (Å²) in [7, 11) is 2.10. The van der Waals surface area contributed by atoms with Crippen LogP contribution in [0.1, 0.15) is 17.3 Å². The highest BCUT2D eigenvalue weighted by Gasteiger charge is 2.26. The molecule has 0 bridgehead atoms. The van der Waals surface area contributed by atoms with Crippen molar-refractivity contribution in [2.24, 2.45) is 7.05 Å². The standard InChI is InChI=1S/C16H23N3O/c1-12-16(13-5-3-4-6-14(13)18(12)2)15(11-20)19-9-7-17-8-10-19/h3-6,15,17,20H,7-11H2,1-2H3. The topological polar surface area (TPSA) is 40.4 Å². The van der Waals surface area contributed by atoms with E-state index in [9.17, 15) is 5.11 Å². The molecule has 1 aromatic carbocycles. The van der Waals surface area contributed by atoms with E-state index in [1.165, 1.54) is 22.2 Å². The van der Waals surface area contributed by atoms with Gasteiger partial charge in [0.05, 0.1) is 12.6 Å². The number of aryl methyl sites for hydroxylation is 1. The highest BCUT2D eigenvalue weighted by atomic mass is 16.3. The molecule has 1 fully saturated rings. The van der Waals surface area contributed by atoms with Crippen LogP contribution < -0.4 is 5.32 Å². The molecule has 1 saturated heterocycles. The molecular weight excluding hydrogens is 250 g/mol. The van der Waals surface area contributed by atoms with Crippen molar-refractivity contribution in [3.05, 3.63) is 35.5 Å². The molecule has 0 radical (unpaired) electrons. The zero-order valence-corrected chi connectivity index (χ0v) is 12.3. The van der Waals surface area contributed by atoms with E-state index in [2.05, 4.69) is 53.0 Å². The van der Waals surface area contributed by atoms with Gasteiger partial charge in [-0.2, -0.15) is 0 Å². The normalized spacial score (nSPS) is 18.6. The van der Waals surface area contributed by atoms with Gasteiger partial charge in [0.15, 0.2) is 0 Å².